The minimum atomic E-state index is 0.266. The number of benzene rings is 1. The SMILES string of the molecule is O=C(c1ccc2c(c1)CNC2)N(CC1CCCCC1)C1CC1. The van der Waals surface area contributed by atoms with Gasteiger partial charge in [0.05, 0.1) is 0 Å². The van der Waals surface area contributed by atoms with E-state index in [-0.39, 0.29) is 5.91 Å². The van der Waals surface area contributed by atoms with Crippen molar-refractivity contribution in [3.05, 3.63) is 34.9 Å². The van der Waals surface area contributed by atoms with Gasteiger partial charge in [0.2, 0.25) is 0 Å². The van der Waals surface area contributed by atoms with Crippen molar-refractivity contribution in [2.45, 2.75) is 64.1 Å². The lowest BCUT2D eigenvalue weighted by molar-refractivity contribution is 0.0699. The molecule has 3 aliphatic rings. The molecule has 1 amide bonds. The van der Waals surface area contributed by atoms with Crippen LogP contribution in [0, 0.1) is 5.92 Å². The molecule has 22 heavy (non-hydrogen) atoms. The second kappa shape index (κ2) is 6.04. The molecule has 1 aromatic rings. The second-order valence-electron chi connectivity index (χ2n) is 7.28. The van der Waals surface area contributed by atoms with Gasteiger partial charge >= 0.3 is 0 Å². The van der Waals surface area contributed by atoms with Crippen molar-refractivity contribution in [1.82, 2.24) is 10.2 Å². The van der Waals surface area contributed by atoms with E-state index in [9.17, 15) is 4.79 Å². The average Bonchev–Trinajstić information content (AvgIpc) is 3.29. The fourth-order valence-electron chi connectivity index (χ4n) is 4.03. The van der Waals surface area contributed by atoms with E-state index in [2.05, 4.69) is 22.3 Å². The van der Waals surface area contributed by atoms with E-state index in [1.54, 1.807) is 0 Å². The topological polar surface area (TPSA) is 32.3 Å². The summed E-state index contributed by atoms with van der Waals surface area (Å²) in [7, 11) is 0. The van der Waals surface area contributed by atoms with Crippen molar-refractivity contribution in [3.8, 4) is 0 Å². The zero-order valence-corrected chi connectivity index (χ0v) is 13.3. The highest BCUT2D eigenvalue weighted by molar-refractivity contribution is 5.95. The molecule has 1 aromatic carbocycles. The van der Waals surface area contributed by atoms with Crippen LogP contribution in [0.3, 0.4) is 0 Å². The highest BCUT2D eigenvalue weighted by Gasteiger charge is 2.34. The van der Waals surface area contributed by atoms with Crippen LogP contribution in [-0.2, 0) is 13.1 Å². The Kier molecular flexibility index (Phi) is 3.91. The Morgan fingerprint density at radius 3 is 2.59 bits per heavy atom. The van der Waals surface area contributed by atoms with Gasteiger partial charge in [0, 0.05) is 31.2 Å². The van der Waals surface area contributed by atoms with Crippen molar-refractivity contribution in [2.75, 3.05) is 6.54 Å². The van der Waals surface area contributed by atoms with Gasteiger partial charge in [-0.3, -0.25) is 4.79 Å². The number of amides is 1. The number of rotatable bonds is 4. The van der Waals surface area contributed by atoms with E-state index in [4.69, 9.17) is 0 Å². The summed E-state index contributed by atoms with van der Waals surface area (Å²) in [6.45, 7) is 2.83. The molecule has 0 unspecified atom stereocenters. The minimum absolute atomic E-state index is 0.266. The van der Waals surface area contributed by atoms with Gasteiger partial charge in [-0.1, -0.05) is 25.3 Å². The summed E-state index contributed by atoms with van der Waals surface area (Å²) in [6.07, 6.45) is 9.10. The number of hydrogen-bond donors (Lipinski definition) is 1. The smallest absolute Gasteiger partial charge is 0.254 e. The van der Waals surface area contributed by atoms with E-state index in [0.717, 1.165) is 31.1 Å². The van der Waals surface area contributed by atoms with Gasteiger partial charge in [0.15, 0.2) is 0 Å². The summed E-state index contributed by atoms with van der Waals surface area (Å²) < 4.78 is 0. The summed E-state index contributed by atoms with van der Waals surface area (Å²) in [4.78, 5) is 15.2. The first-order chi connectivity index (χ1) is 10.8. The van der Waals surface area contributed by atoms with Gasteiger partial charge in [0.1, 0.15) is 0 Å². The van der Waals surface area contributed by atoms with Crippen molar-refractivity contribution >= 4 is 5.91 Å². The first-order valence-electron chi connectivity index (χ1n) is 8.95. The summed E-state index contributed by atoms with van der Waals surface area (Å²) in [5.74, 6) is 0.997. The Morgan fingerprint density at radius 2 is 1.82 bits per heavy atom. The number of carbonyl (C=O) groups excluding carboxylic acids is 1. The molecule has 0 aromatic heterocycles. The Balaban J connectivity index is 1.50. The second-order valence-corrected chi connectivity index (χ2v) is 7.28. The molecule has 118 valence electrons. The first kappa shape index (κ1) is 14.3. The summed E-state index contributed by atoms with van der Waals surface area (Å²) in [5.41, 5.74) is 3.55. The van der Waals surface area contributed by atoms with Gasteiger partial charge in [-0.2, -0.15) is 0 Å². The number of fused-ring (bicyclic) bond motifs is 1. The molecule has 2 saturated carbocycles. The molecule has 0 saturated heterocycles. The zero-order chi connectivity index (χ0) is 14.9. The van der Waals surface area contributed by atoms with E-state index in [1.165, 1.54) is 56.1 Å². The molecule has 0 spiro atoms. The Bertz CT molecular complexity index is 559. The maximum atomic E-state index is 13.0. The third-order valence-corrected chi connectivity index (χ3v) is 5.51. The molecule has 1 N–H and O–H groups in total. The molecule has 1 heterocycles. The molecular weight excluding hydrogens is 272 g/mol. The quantitative estimate of drug-likeness (QED) is 0.923. The van der Waals surface area contributed by atoms with Crippen molar-refractivity contribution in [2.24, 2.45) is 5.92 Å². The van der Waals surface area contributed by atoms with Crippen LogP contribution in [0.1, 0.15) is 66.4 Å². The number of nitrogens with one attached hydrogen (secondary N) is 1. The molecule has 4 rings (SSSR count). The predicted molar refractivity (Wildman–Crippen MR) is 87.6 cm³/mol. The third kappa shape index (κ3) is 2.91. The van der Waals surface area contributed by atoms with Crippen LogP contribution < -0.4 is 5.32 Å². The van der Waals surface area contributed by atoms with Crippen molar-refractivity contribution in [3.63, 3.8) is 0 Å². The van der Waals surface area contributed by atoms with Crippen LogP contribution in [0.4, 0.5) is 0 Å². The largest absolute Gasteiger partial charge is 0.335 e. The summed E-state index contributed by atoms with van der Waals surface area (Å²) in [5, 5.41) is 3.36. The number of nitrogens with zero attached hydrogens (tertiary/aromatic N) is 1. The molecule has 0 atom stereocenters. The average molecular weight is 298 g/mol. The fraction of sp³-hybridized carbons (Fsp3) is 0.632. The molecule has 3 nitrogen and oxygen atoms in total. The number of hydrogen-bond acceptors (Lipinski definition) is 2. The van der Waals surface area contributed by atoms with E-state index >= 15 is 0 Å². The van der Waals surface area contributed by atoms with Crippen LogP contribution in [0.5, 0.6) is 0 Å². The zero-order valence-electron chi connectivity index (χ0n) is 13.3. The summed E-state index contributed by atoms with van der Waals surface area (Å²) in [6, 6.07) is 6.80. The number of carbonyl (C=O) groups is 1. The van der Waals surface area contributed by atoms with Gasteiger partial charge in [-0.25, -0.2) is 0 Å². The first-order valence-corrected chi connectivity index (χ1v) is 8.95. The third-order valence-electron chi connectivity index (χ3n) is 5.51. The molecular formula is C19H26N2O. The molecule has 2 fully saturated rings. The van der Waals surface area contributed by atoms with E-state index < -0.39 is 0 Å². The van der Waals surface area contributed by atoms with Crippen LogP contribution >= 0.6 is 0 Å². The molecule has 0 bridgehead atoms. The van der Waals surface area contributed by atoms with E-state index in [1.807, 2.05) is 6.07 Å². The van der Waals surface area contributed by atoms with Crippen molar-refractivity contribution in [1.29, 1.82) is 0 Å². The van der Waals surface area contributed by atoms with Crippen LogP contribution in [0.25, 0.3) is 0 Å². The van der Waals surface area contributed by atoms with Gasteiger partial charge in [0.25, 0.3) is 5.91 Å². The maximum absolute atomic E-state index is 13.0. The normalized spacial score (nSPS) is 21.6. The van der Waals surface area contributed by atoms with Gasteiger partial charge < -0.3 is 10.2 Å². The fourth-order valence-corrected chi connectivity index (χ4v) is 4.03. The molecule has 3 heteroatoms. The summed E-state index contributed by atoms with van der Waals surface area (Å²) >= 11 is 0. The molecule has 1 aliphatic heterocycles. The van der Waals surface area contributed by atoms with Crippen LogP contribution in [0.2, 0.25) is 0 Å². The van der Waals surface area contributed by atoms with Crippen LogP contribution in [0.15, 0.2) is 18.2 Å². The maximum Gasteiger partial charge on any atom is 0.254 e. The lowest BCUT2D eigenvalue weighted by atomic mass is 9.88. The molecule has 2 aliphatic carbocycles. The predicted octanol–water partition coefficient (Wildman–Crippen LogP) is 3.47. The Morgan fingerprint density at radius 1 is 1.05 bits per heavy atom. The lowest BCUT2D eigenvalue weighted by Crippen LogP contribution is -2.37. The van der Waals surface area contributed by atoms with Crippen molar-refractivity contribution < 1.29 is 4.79 Å². The van der Waals surface area contributed by atoms with Gasteiger partial charge in [-0.15, -0.1) is 0 Å². The minimum Gasteiger partial charge on any atom is -0.335 e. The van der Waals surface area contributed by atoms with Crippen LogP contribution in [-0.4, -0.2) is 23.4 Å². The van der Waals surface area contributed by atoms with Gasteiger partial charge in [-0.05, 0) is 54.9 Å². The standard InChI is InChI=1S/C19H26N2O/c22-19(15-6-7-16-11-20-12-17(16)10-15)21(18-8-9-18)13-14-4-2-1-3-5-14/h6-7,10,14,18,20H,1-5,8-9,11-13H2. The lowest BCUT2D eigenvalue weighted by Gasteiger charge is -2.30. The monoisotopic (exact) mass is 298 g/mol. The van der Waals surface area contributed by atoms with E-state index in [0.29, 0.717) is 6.04 Å². The Hall–Kier alpha value is -1.35. The highest BCUT2D eigenvalue weighted by atomic mass is 16.2. The Labute approximate surface area is 133 Å². The highest BCUT2D eigenvalue weighted by Crippen LogP contribution is 2.32. The molecule has 0 radical (unpaired) electrons.